The van der Waals surface area contributed by atoms with Crippen molar-refractivity contribution in [1.82, 2.24) is 20.2 Å². The summed E-state index contributed by atoms with van der Waals surface area (Å²) < 4.78 is 5.51. The molecule has 1 N–H and O–H groups in total. The number of carbonyl (C=O) groups is 1. The molecule has 0 radical (unpaired) electrons. The Labute approximate surface area is 145 Å². The van der Waals surface area contributed by atoms with Crippen LogP contribution in [0.15, 0.2) is 56.9 Å². The molecule has 4 heterocycles. The van der Waals surface area contributed by atoms with Crippen molar-refractivity contribution in [3.05, 3.63) is 52.9 Å². The van der Waals surface area contributed by atoms with E-state index in [2.05, 4.69) is 20.3 Å². The smallest absolute Gasteiger partial charge is 0.253 e. The molecule has 9 heteroatoms. The second-order valence-electron chi connectivity index (χ2n) is 5.08. The number of nitrogens with zero attached hydrogens (tertiary/aromatic N) is 4. The zero-order valence-electron chi connectivity index (χ0n) is 12.5. The van der Waals surface area contributed by atoms with Gasteiger partial charge in [-0.25, -0.2) is 9.99 Å². The zero-order valence-corrected chi connectivity index (χ0v) is 14.1. The van der Waals surface area contributed by atoms with Crippen molar-refractivity contribution in [2.45, 2.75) is 17.6 Å². The first kappa shape index (κ1) is 15.2. The van der Waals surface area contributed by atoms with E-state index in [4.69, 9.17) is 4.42 Å². The van der Waals surface area contributed by atoms with Gasteiger partial charge in [0.05, 0.1) is 22.6 Å². The van der Waals surface area contributed by atoms with Crippen molar-refractivity contribution in [2.24, 2.45) is 5.10 Å². The molecule has 1 unspecified atom stereocenters. The molecule has 122 valence electrons. The van der Waals surface area contributed by atoms with Gasteiger partial charge < -0.3 is 4.42 Å². The highest BCUT2D eigenvalue weighted by molar-refractivity contribution is 7.99. The number of furan rings is 1. The van der Waals surface area contributed by atoms with E-state index in [0.717, 1.165) is 16.3 Å². The quantitative estimate of drug-likeness (QED) is 0.708. The monoisotopic (exact) mass is 359 g/mol. The maximum absolute atomic E-state index is 12.7. The molecule has 1 amide bonds. The van der Waals surface area contributed by atoms with Crippen LogP contribution in [-0.4, -0.2) is 37.6 Å². The van der Waals surface area contributed by atoms with E-state index in [1.165, 1.54) is 23.1 Å². The average molecular weight is 359 g/mol. The van der Waals surface area contributed by atoms with E-state index in [1.807, 2.05) is 29.6 Å². The summed E-state index contributed by atoms with van der Waals surface area (Å²) in [6.07, 6.45) is 3.68. The molecule has 4 rings (SSSR count). The van der Waals surface area contributed by atoms with Crippen LogP contribution >= 0.6 is 23.1 Å². The highest BCUT2D eigenvalue weighted by atomic mass is 32.2. The van der Waals surface area contributed by atoms with Crippen molar-refractivity contribution in [2.75, 3.05) is 5.75 Å². The summed E-state index contributed by atoms with van der Waals surface area (Å²) in [6, 6.07) is 7.49. The summed E-state index contributed by atoms with van der Waals surface area (Å²) in [7, 11) is 0. The summed E-state index contributed by atoms with van der Waals surface area (Å²) in [5.74, 6) is 0.876. The fourth-order valence-corrected chi connectivity index (χ4v) is 3.85. The molecule has 0 saturated heterocycles. The first-order valence-electron chi connectivity index (χ1n) is 7.26. The van der Waals surface area contributed by atoms with Gasteiger partial charge in [-0.15, -0.1) is 11.3 Å². The number of rotatable bonds is 5. The van der Waals surface area contributed by atoms with Crippen LogP contribution in [0, 0.1) is 0 Å². The summed E-state index contributed by atoms with van der Waals surface area (Å²) >= 11 is 2.92. The molecular formula is C15H13N5O2S2. The number of aromatic amines is 1. The van der Waals surface area contributed by atoms with Crippen LogP contribution in [-0.2, 0) is 4.79 Å². The van der Waals surface area contributed by atoms with Crippen molar-refractivity contribution < 1.29 is 9.21 Å². The highest BCUT2D eigenvalue weighted by Gasteiger charge is 2.35. The Morgan fingerprint density at radius 1 is 1.46 bits per heavy atom. The predicted octanol–water partition coefficient (Wildman–Crippen LogP) is 2.93. The summed E-state index contributed by atoms with van der Waals surface area (Å²) in [6.45, 7) is 0. The number of hydrazone groups is 1. The molecule has 0 aliphatic carbocycles. The number of hydrogen-bond acceptors (Lipinski definition) is 7. The summed E-state index contributed by atoms with van der Waals surface area (Å²) in [4.78, 5) is 17.7. The third-order valence-corrected chi connectivity index (χ3v) is 5.35. The minimum atomic E-state index is -0.208. The Kier molecular flexibility index (Phi) is 4.18. The number of aromatic nitrogens is 3. The molecule has 1 aliphatic heterocycles. The molecule has 1 aliphatic rings. The largest absolute Gasteiger partial charge is 0.467 e. The van der Waals surface area contributed by atoms with E-state index in [1.54, 1.807) is 17.6 Å². The summed E-state index contributed by atoms with van der Waals surface area (Å²) in [5.41, 5.74) is 0.907. The van der Waals surface area contributed by atoms with Gasteiger partial charge in [0.25, 0.3) is 5.91 Å². The lowest BCUT2D eigenvalue weighted by Crippen LogP contribution is -2.28. The number of thioether (sulfide) groups is 1. The predicted molar refractivity (Wildman–Crippen MR) is 90.9 cm³/mol. The second-order valence-corrected chi connectivity index (χ2v) is 6.99. The molecule has 3 aromatic heterocycles. The molecule has 0 fully saturated rings. The number of thiophene rings is 1. The SMILES string of the molecule is O=C(CSc1ncn[nH]1)N1N=C(c2cccs2)CC1c1ccco1. The van der Waals surface area contributed by atoms with Gasteiger partial charge in [-0.2, -0.15) is 10.2 Å². The molecule has 3 aromatic rings. The molecule has 0 aromatic carbocycles. The van der Waals surface area contributed by atoms with Crippen molar-refractivity contribution in [3.8, 4) is 0 Å². The molecule has 1 atom stereocenters. The number of carbonyl (C=O) groups excluding carboxylic acids is 1. The maximum Gasteiger partial charge on any atom is 0.253 e. The molecule has 24 heavy (non-hydrogen) atoms. The Morgan fingerprint density at radius 3 is 3.12 bits per heavy atom. The average Bonchev–Trinajstić information content (AvgIpc) is 3.40. The Hall–Kier alpha value is -2.39. The van der Waals surface area contributed by atoms with Crippen LogP contribution in [0.2, 0.25) is 0 Å². The van der Waals surface area contributed by atoms with Gasteiger partial charge in [0.15, 0.2) is 5.16 Å². The standard InChI is InChI=1S/C15H13N5O2S2/c21-14(8-24-15-16-9-17-18-15)20-11(12-3-1-5-22-12)7-10(19-20)13-4-2-6-23-13/h1-6,9,11H,7-8H2,(H,16,17,18). The number of amides is 1. The lowest BCUT2D eigenvalue weighted by molar-refractivity contribution is -0.130. The van der Waals surface area contributed by atoms with Crippen molar-refractivity contribution in [3.63, 3.8) is 0 Å². The third-order valence-electron chi connectivity index (χ3n) is 3.57. The first-order chi connectivity index (χ1) is 11.8. The third kappa shape index (κ3) is 3.00. The Bertz CT molecular complexity index is 827. The fourth-order valence-electron chi connectivity index (χ4n) is 2.49. The molecule has 0 saturated carbocycles. The highest BCUT2D eigenvalue weighted by Crippen LogP contribution is 2.34. The van der Waals surface area contributed by atoms with E-state index in [9.17, 15) is 4.79 Å². The van der Waals surface area contributed by atoms with Crippen LogP contribution in [0.5, 0.6) is 0 Å². The van der Waals surface area contributed by atoms with Gasteiger partial charge in [0.1, 0.15) is 18.1 Å². The minimum absolute atomic E-state index is 0.0932. The Balaban J connectivity index is 1.55. The number of nitrogens with one attached hydrogen (secondary N) is 1. The molecule has 7 nitrogen and oxygen atoms in total. The van der Waals surface area contributed by atoms with Crippen molar-refractivity contribution in [1.29, 1.82) is 0 Å². The van der Waals surface area contributed by atoms with Crippen LogP contribution in [0.25, 0.3) is 0 Å². The lowest BCUT2D eigenvalue weighted by Gasteiger charge is -2.19. The minimum Gasteiger partial charge on any atom is -0.467 e. The number of hydrogen-bond donors (Lipinski definition) is 1. The normalized spacial score (nSPS) is 17.2. The maximum atomic E-state index is 12.7. The van der Waals surface area contributed by atoms with Crippen LogP contribution < -0.4 is 0 Å². The topological polar surface area (TPSA) is 87.4 Å². The van der Waals surface area contributed by atoms with Gasteiger partial charge in [0, 0.05) is 6.42 Å². The Morgan fingerprint density at radius 2 is 2.42 bits per heavy atom. The van der Waals surface area contributed by atoms with E-state index in [-0.39, 0.29) is 17.7 Å². The van der Waals surface area contributed by atoms with Gasteiger partial charge in [-0.05, 0) is 23.6 Å². The van der Waals surface area contributed by atoms with Crippen LogP contribution in [0.3, 0.4) is 0 Å². The van der Waals surface area contributed by atoms with Gasteiger partial charge >= 0.3 is 0 Å². The molecular weight excluding hydrogens is 346 g/mol. The van der Waals surface area contributed by atoms with Crippen LogP contribution in [0.1, 0.15) is 23.1 Å². The van der Waals surface area contributed by atoms with Gasteiger partial charge in [0.2, 0.25) is 0 Å². The zero-order chi connectivity index (χ0) is 16.4. The van der Waals surface area contributed by atoms with E-state index < -0.39 is 0 Å². The molecule has 0 bridgehead atoms. The fraction of sp³-hybridized carbons (Fsp3) is 0.200. The van der Waals surface area contributed by atoms with E-state index in [0.29, 0.717) is 11.6 Å². The summed E-state index contributed by atoms with van der Waals surface area (Å²) in [5, 5.41) is 15.2. The molecule has 0 spiro atoms. The van der Waals surface area contributed by atoms with E-state index >= 15 is 0 Å². The lowest BCUT2D eigenvalue weighted by atomic mass is 10.1. The van der Waals surface area contributed by atoms with Gasteiger partial charge in [-0.3, -0.25) is 9.89 Å². The number of H-pyrrole nitrogens is 1. The van der Waals surface area contributed by atoms with Crippen LogP contribution in [0.4, 0.5) is 0 Å². The second kappa shape index (κ2) is 6.62. The first-order valence-corrected chi connectivity index (χ1v) is 9.13. The van der Waals surface area contributed by atoms with Crippen molar-refractivity contribution >= 4 is 34.7 Å². The van der Waals surface area contributed by atoms with Gasteiger partial charge in [-0.1, -0.05) is 17.8 Å².